The van der Waals surface area contributed by atoms with Crippen molar-refractivity contribution >= 4 is 41.1 Å². The van der Waals surface area contributed by atoms with Gasteiger partial charge in [0.25, 0.3) is 0 Å². The number of aromatic nitrogens is 1. The van der Waals surface area contributed by atoms with Crippen molar-refractivity contribution in [3.8, 4) is 0 Å². The summed E-state index contributed by atoms with van der Waals surface area (Å²) >= 11 is 0. The maximum absolute atomic E-state index is 12.2. The normalized spacial score (nSPS) is 10.9. The van der Waals surface area contributed by atoms with Crippen LogP contribution in [0.15, 0.2) is 24.4 Å². The topological polar surface area (TPSA) is 83.5 Å². The highest BCUT2D eigenvalue weighted by atomic mass is 35.5. The number of rotatable bonds is 1. The fourth-order valence-corrected chi connectivity index (χ4v) is 2.01. The number of methoxy groups -OCH3 is 1. The SMILES string of the molecule is COC(=O)c1cc(N)cc2c1ccn2C(=O)OC(C)(C)C.Cl. The Hall–Kier alpha value is -2.21. The van der Waals surface area contributed by atoms with E-state index in [0.717, 1.165) is 0 Å². The molecule has 1 aromatic heterocycles. The third kappa shape index (κ3) is 3.51. The van der Waals surface area contributed by atoms with Crippen LogP contribution in [0.3, 0.4) is 0 Å². The van der Waals surface area contributed by atoms with E-state index in [1.807, 2.05) is 0 Å². The van der Waals surface area contributed by atoms with Crippen LogP contribution in [0.5, 0.6) is 0 Å². The summed E-state index contributed by atoms with van der Waals surface area (Å²) in [6.07, 6.45) is 1.02. The summed E-state index contributed by atoms with van der Waals surface area (Å²) < 4.78 is 11.4. The Morgan fingerprint density at radius 1 is 1.23 bits per heavy atom. The Morgan fingerprint density at radius 2 is 1.86 bits per heavy atom. The second-order valence-electron chi connectivity index (χ2n) is 5.66. The van der Waals surface area contributed by atoms with Gasteiger partial charge in [0.2, 0.25) is 0 Å². The largest absolute Gasteiger partial charge is 0.465 e. The van der Waals surface area contributed by atoms with Crippen LogP contribution in [-0.2, 0) is 9.47 Å². The number of anilines is 1. The van der Waals surface area contributed by atoms with Gasteiger partial charge in [0.15, 0.2) is 0 Å². The number of ether oxygens (including phenoxy) is 2. The Labute approximate surface area is 134 Å². The molecule has 1 heterocycles. The molecule has 0 saturated heterocycles. The quantitative estimate of drug-likeness (QED) is 0.642. The standard InChI is InChI=1S/C15H18N2O4.ClH/c1-15(2,3)21-14(19)17-6-5-10-11(13(18)20-4)7-9(16)8-12(10)17;/h5-8H,16H2,1-4H3;1H. The van der Waals surface area contributed by atoms with Gasteiger partial charge in [-0.25, -0.2) is 9.59 Å². The van der Waals surface area contributed by atoms with Gasteiger partial charge in [-0.2, -0.15) is 0 Å². The zero-order valence-electron chi connectivity index (χ0n) is 12.9. The van der Waals surface area contributed by atoms with E-state index in [9.17, 15) is 9.59 Å². The van der Waals surface area contributed by atoms with Gasteiger partial charge in [0.05, 0.1) is 18.2 Å². The van der Waals surface area contributed by atoms with E-state index in [4.69, 9.17) is 15.2 Å². The molecule has 6 nitrogen and oxygen atoms in total. The lowest BCUT2D eigenvalue weighted by Gasteiger charge is -2.19. The molecule has 2 N–H and O–H groups in total. The number of nitrogens with zero attached hydrogens (tertiary/aromatic N) is 1. The minimum Gasteiger partial charge on any atom is -0.465 e. The van der Waals surface area contributed by atoms with Gasteiger partial charge in [-0.15, -0.1) is 12.4 Å². The van der Waals surface area contributed by atoms with Crippen molar-refractivity contribution in [3.05, 3.63) is 30.0 Å². The van der Waals surface area contributed by atoms with Crippen LogP contribution >= 0.6 is 12.4 Å². The van der Waals surface area contributed by atoms with E-state index in [1.165, 1.54) is 17.7 Å². The van der Waals surface area contributed by atoms with E-state index in [1.54, 1.807) is 39.1 Å². The Balaban J connectivity index is 0.00000242. The molecule has 0 fully saturated rings. The molecule has 0 unspecified atom stereocenters. The average molecular weight is 327 g/mol. The number of esters is 1. The van der Waals surface area contributed by atoms with Gasteiger partial charge in [-0.1, -0.05) is 0 Å². The molecule has 0 spiro atoms. The molecular formula is C15H19ClN2O4. The first kappa shape index (κ1) is 17.8. The van der Waals surface area contributed by atoms with Crippen molar-refractivity contribution < 1.29 is 19.1 Å². The summed E-state index contributed by atoms with van der Waals surface area (Å²) in [6.45, 7) is 5.35. The molecule has 0 amide bonds. The van der Waals surface area contributed by atoms with Crippen LogP contribution in [0, 0.1) is 0 Å². The maximum atomic E-state index is 12.2. The van der Waals surface area contributed by atoms with Crippen molar-refractivity contribution in [2.45, 2.75) is 26.4 Å². The van der Waals surface area contributed by atoms with Crippen molar-refractivity contribution in [1.29, 1.82) is 0 Å². The number of halogens is 1. The first-order valence-electron chi connectivity index (χ1n) is 6.45. The molecule has 2 aromatic rings. The van der Waals surface area contributed by atoms with Gasteiger partial charge >= 0.3 is 12.1 Å². The van der Waals surface area contributed by atoms with Gasteiger partial charge in [0.1, 0.15) is 5.60 Å². The van der Waals surface area contributed by atoms with Gasteiger partial charge in [0, 0.05) is 17.3 Å². The second kappa shape index (κ2) is 6.27. The Morgan fingerprint density at radius 3 is 2.41 bits per heavy atom. The van der Waals surface area contributed by atoms with Crippen molar-refractivity contribution in [3.63, 3.8) is 0 Å². The molecule has 2 rings (SSSR count). The zero-order chi connectivity index (χ0) is 15.8. The maximum Gasteiger partial charge on any atom is 0.418 e. The third-order valence-corrected chi connectivity index (χ3v) is 2.83. The molecule has 0 aliphatic carbocycles. The number of nitrogens with two attached hydrogens (primary N) is 1. The lowest BCUT2D eigenvalue weighted by Crippen LogP contribution is -2.26. The monoisotopic (exact) mass is 326 g/mol. The fourth-order valence-electron chi connectivity index (χ4n) is 2.01. The van der Waals surface area contributed by atoms with E-state index in [-0.39, 0.29) is 12.4 Å². The van der Waals surface area contributed by atoms with Crippen LogP contribution in [0.1, 0.15) is 31.1 Å². The van der Waals surface area contributed by atoms with E-state index < -0.39 is 17.7 Å². The van der Waals surface area contributed by atoms with E-state index >= 15 is 0 Å². The highest BCUT2D eigenvalue weighted by Gasteiger charge is 2.21. The number of nitrogen functional groups attached to an aromatic ring is 1. The molecule has 0 saturated carbocycles. The molecule has 0 atom stereocenters. The summed E-state index contributed by atoms with van der Waals surface area (Å²) in [5.41, 5.74) is 6.37. The minimum absolute atomic E-state index is 0. The van der Waals surface area contributed by atoms with Crippen LogP contribution in [-0.4, -0.2) is 29.3 Å². The molecule has 1 aromatic carbocycles. The molecule has 22 heavy (non-hydrogen) atoms. The predicted molar refractivity (Wildman–Crippen MR) is 86.6 cm³/mol. The third-order valence-electron chi connectivity index (χ3n) is 2.83. The molecule has 0 aliphatic heterocycles. The second-order valence-corrected chi connectivity index (χ2v) is 5.66. The number of hydrogen-bond donors (Lipinski definition) is 1. The average Bonchev–Trinajstić information content (AvgIpc) is 2.78. The molecule has 0 radical (unpaired) electrons. The number of hydrogen-bond acceptors (Lipinski definition) is 5. The number of carbonyl (C=O) groups excluding carboxylic acids is 2. The lowest BCUT2D eigenvalue weighted by molar-refractivity contribution is 0.0542. The van der Waals surface area contributed by atoms with Crippen molar-refractivity contribution in [2.24, 2.45) is 0 Å². The van der Waals surface area contributed by atoms with Crippen LogP contribution in [0.4, 0.5) is 10.5 Å². The molecule has 7 heteroatoms. The summed E-state index contributed by atoms with van der Waals surface area (Å²) in [5.74, 6) is -0.505. The molecule has 0 bridgehead atoms. The first-order chi connectivity index (χ1) is 9.73. The number of benzene rings is 1. The van der Waals surface area contributed by atoms with Crippen LogP contribution in [0.25, 0.3) is 10.9 Å². The molecule has 0 aliphatic rings. The van der Waals surface area contributed by atoms with Gasteiger partial charge < -0.3 is 15.2 Å². The lowest BCUT2D eigenvalue weighted by atomic mass is 10.1. The Kier molecular flexibility index (Phi) is 5.09. The summed E-state index contributed by atoms with van der Waals surface area (Å²) in [4.78, 5) is 24.0. The zero-order valence-corrected chi connectivity index (χ0v) is 13.7. The van der Waals surface area contributed by atoms with Crippen molar-refractivity contribution in [2.75, 3.05) is 12.8 Å². The van der Waals surface area contributed by atoms with Crippen LogP contribution in [0.2, 0.25) is 0 Å². The van der Waals surface area contributed by atoms with Crippen molar-refractivity contribution in [1.82, 2.24) is 4.57 Å². The van der Waals surface area contributed by atoms with E-state index in [2.05, 4.69) is 0 Å². The fraction of sp³-hybridized carbons (Fsp3) is 0.333. The van der Waals surface area contributed by atoms with E-state index in [0.29, 0.717) is 22.2 Å². The van der Waals surface area contributed by atoms with Gasteiger partial charge in [-0.3, -0.25) is 4.57 Å². The summed E-state index contributed by atoms with van der Waals surface area (Å²) in [5, 5.41) is 0.585. The first-order valence-corrected chi connectivity index (χ1v) is 6.45. The number of carbonyl (C=O) groups is 2. The molecular weight excluding hydrogens is 308 g/mol. The number of fused-ring (bicyclic) bond motifs is 1. The smallest absolute Gasteiger partial charge is 0.418 e. The van der Waals surface area contributed by atoms with Gasteiger partial charge in [-0.05, 0) is 39.0 Å². The van der Waals surface area contributed by atoms with Crippen LogP contribution < -0.4 is 5.73 Å². The minimum atomic E-state index is -0.612. The highest BCUT2D eigenvalue weighted by Crippen LogP contribution is 2.25. The predicted octanol–water partition coefficient (Wildman–Crippen LogP) is 3.22. The summed E-state index contributed by atoms with van der Waals surface area (Å²) in [7, 11) is 1.29. The summed E-state index contributed by atoms with van der Waals surface area (Å²) in [6, 6.07) is 4.80. The Bertz CT molecular complexity index is 716. The highest BCUT2D eigenvalue weighted by molar-refractivity contribution is 6.07. The molecule has 120 valence electrons.